The van der Waals surface area contributed by atoms with Gasteiger partial charge in [0.15, 0.2) is 17.7 Å². The first kappa shape index (κ1) is 24.2. The molecule has 0 radical (unpaired) electrons. The number of aliphatic carboxylic acids is 2. The lowest BCUT2D eigenvalue weighted by Gasteiger charge is -2.26. The normalized spacial score (nSPS) is 20.3. The third-order valence-corrected chi connectivity index (χ3v) is 6.97. The summed E-state index contributed by atoms with van der Waals surface area (Å²) in [6.45, 7) is -0.495. The molecule has 4 heterocycles. The zero-order valence-electron chi connectivity index (χ0n) is 18.2. The largest absolute Gasteiger partial charge is 0.479 e. The van der Waals surface area contributed by atoms with E-state index in [1.54, 1.807) is 24.3 Å². The summed E-state index contributed by atoms with van der Waals surface area (Å²) in [7, 11) is 0. The van der Waals surface area contributed by atoms with Crippen molar-refractivity contribution in [2.24, 2.45) is 0 Å². The van der Waals surface area contributed by atoms with Crippen molar-refractivity contribution in [3.63, 3.8) is 0 Å². The number of nitrogen functional groups attached to an aromatic ring is 1. The SMILES string of the molecule is Nc1nc(Cl)nc2c1ncn2C1OC(COC(Cc2nc3ccccc3s2)(C(=O)O)C(=O)O)CC1F. The van der Waals surface area contributed by atoms with Gasteiger partial charge in [-0.1, -0.05) is 12.1 Å². The highest BCUT2D eigenvalue weighted by Gasteiger charge is 2.50. The van der Waals surface area contributed by atoms with Gasteiger partial charge < -0.3 is 25.4 Å². The molecule has 5 rings (SSSR count). The van der Waals surface area contributed by atoms with Gasteiger partial charge in [0.2, 0.25) is 5.28 Å². The molecule has 4 aromatic rings. The Hall–Kier alpha value is -3.46. The van der Waals surface area contributed by atoms with Gasteiger partial charge in [0.25, 0.3) is 5.60 Å². The molecule has 1 aromatic carbocycles. The average Bonchev–Trinajstić information content (AvgIpc) is 3.52. The van der Waals surface area contributed by atoms with Crippen LogP contribution < -0.4 is 5.73 Å². The molecule has 1 aliphatic rings. The molecule has 36 heavy (non-hydrogen) atoms. The summed E-state index contributed by atoms with van der Waals surface area (Å²) in [6.07, 6.45) is -3.13. The predicted molar refractivity (Wildman–Crippen MR) is 125 cm³/mol. The van der Waals surface area contributed by atoms with Gasteiger partial charge in [-0.05, 0) is 23.7 Å². The van der Waals surface area contributed by atoms with E-state index in [2.05, 4.69) is 19.9 Å². The standard InChI is InChI=1S/C21H18ClFN6O6S/c22-20-27-15(24)14-16(28-20)29(8-25-14)17-10(23)5-9(35-17)7-34-21(18(30)31,19(32)33)6-13-26-11-3-1-2-4-12(11)36-13/h1-4,8-10,17H,5-7H2,(H,30,31)(H,32,33)(H2,24,27,28). The molecule has 4 N–H and O–H groups in total. The first-order valence-electron chi connectivity index (χ1n) is 10.6. The molecule has 1 aliphatic heterocycles. The van der Waals surface area contributed by atoms with Crippen LogP contribution in [0.3, 0.4) is 0 Å². The lowest BCUT2D eigenvalue weighted by molar-refractivity contribution is -0.188. The van der Waals surface area contributed by atoms with Crippen molar-refractivity contribution in [3.05, 3.63) is 40.9 Å². The van der Waals surface area contributed by atoms with Gasteiger partial charge >= 0.3 is 11.9 Å². The maximum Gasteiger partial charge on any atom is 0.348 e. The van der Waals surface area contributed by atoms with Crippen LogP contribution in [0.4, 0.5) is 10.2 Å². The molecule has 0 amide bonds. The van der Waals surface area contributed by atoms with Crippen LogP contribution in [-0.4, -0.2) is 71.1 Å². The Morgan fingerprint density at radius 2 is 2.03 bits per heavy atom. The maximum absolute atomic E-state index is 15.0. The van der Waals surface area contributed by atoms with Crippen LogP contribution in [0.5, 0.6) is 0 Å². The molecular weight excluding hydrogens is 519 g/mol. The van der Waals surface area contributed by atoms with Gasteiger partial charge in [0.05, 0.1) is 40.7 Å². The van der Waals surface area contributed by atoms with Crippen molar-refractivity contribution in [1.82, 2.24) is 24.5 Å². The van der Waals surface area contributed by atoms with Crippen molar-refractivity contribution < 1.29 is 33.7 Å². The Bertz CT molecular complexity index is 1430. The fraction of sp³-hybridized carbons (Fsp3) is 0.333. The van der Waals surface area contributed by atoms with E-state index in [1.165, 1.54) is 22.2 Å². The van der Waals surface area contributed by atoms with Crippen LogP contribution in [0, 0.1) is 0 Å². The Morgan fingerprint density at radius 1 is 1.28 bits per heavy atom. The minimum atomic E-state index is -2.64. The number of thiazole rings is 1. The number of carboxylic acids is 2. The molecule has 0 aliphatic carbocycles. The molecule has 12 nitrogen and oxygen atoms in total. The van der Waals surface area contributed by atoms with Crippen LogP contribution >= 0.6 is 22.9 Å². The number of ether oxygens (including phenoxy) is 2. The molecule has 3 unspecified atom stereocenters. The monoisotopic (exact) mass is 536 g/mol. The van der Waals surface area contributed by atoms with Crippen molar-refractivity contribution in [2.45, 2.75) is 36.9 Å². The highest BCUT2D eigenvalue weighted by molar-refractivity contribution is 7.18. The predicted octanol–water partition coefficient (Wildman–Crippen LogP) is 2.46. The summed E-state index contributed by atoms with van der Waals surface area (Å²) < 4.78 is 28.2. The van der Waals surface area contributed by atoms with Gasteiger partial charge in [-0.15, -0.1) is 11.3 Å². The number of alkyl halides is 1. The fourth-order valence-corrected chi connectivity index (χ4v) is 5.22. The minimum Gasteiger partial charge on any atom is -0.479 e. The number of hydrogen-bond acceptors (Lipinski definition) is 10. The van der Waals surface area contributed by atoms with E-state index in [9.17, 15) is 24.2 Å². The van der Waals surface area contributed by atoms with Crippen LogP contribution in [0.1, 0.15) is 17.7 Å². The summed E-state index contributed by atoms with van der Waals surface area (Å²) >= 11 is 7.03. The molecule has 0 saturated carbocycles. The Morgan fingerprint density at radius 3 is 2.75 bits per heavy atom. The van der Waals surface area contributed by atoms with Gasteiger partial charge in [-0.2, -0.15) is 9.97 Å². The van der Waals surface area contributed by atoms with Crippen molar-refractivity contribution in [1.29, 1.82) is 0 Å². The van der Waals surface area contributed by atoms with Crippen LogP contribution in [0.15, 0.2) is 30.6 Å². The summed E-state index contributed by atoms with van der Waals surface area (Å²) in [6, 6.07) is 7.09. The number of benzene rings is 1. The van der Waals surface area contributed by atoms with Crippen LogP contribution in [-0.2, 0) is 25.5 Å². The number of nitrogens with two attached hydrogens (primary N) is 1. The molecule has 0 spiro atoms. The van der Waals surface area contributed by atoms with Crippen molar-refractivity contribution in [2.75, 3.05) is 12.3 Å². The Balaban J connectivity index is 1.35. The molecule has 3 aromatic heterocycles. The van der Waals surface area contributed by atoms with E-state index >= 15 is 0 Å². The molecule has 188 valence electrons. The Labute approximate surface area is 210 Å². The van der Waals surface area contributed by atoms with Crippen LogP contribution in [0.25, 0.3) is 21.4 Å². The number of fused-ring (bicyclic) bond motifs is 2. The lowest BCUT2D eigenvalue weighted by atomic mass is 10.00. The zero-order chi connectivity index (χ0) is 25.6. The lowest BCUT2D eigenvalue weighted by Crippen LogP contribution is -2.52. The highest BCUT2D eigenvalue weighted by Crippen LogP contribution is 2.35. The average molecular weight is 537 g/mol. The number of imidazole rings is 1. The number of hydrogen-bond donors (Lipinski definition) is 3. The van der Waals surface area contributed by atoms with Gasteiger partial charge in [0, 0.05) is 6.42 Å². The first-order valence-corrected chi connectivity index (χ1v) is 11.8. The van der Waals surface area contributed by atoms with E-state index < -0.39 is 49.1 Å². The minimum absolute atomic E-state index is 0.0135. The van der Waals surface area contributed by atoms with E-state index in [0.29, 0.717) is 5.52 Å². The van der Waals surface area contributed by atoms with E-state index in [-0.39, 0.29) is 33.7 Å². The van der Waals surface area contributed by atoms with Crippen molar-refractivity contribution >= 4 is 62.1 Å². The summed E-state index contributed by atoms with van der Waals surface area (Å²) in [5, 5.41) is 19.8. The number of carboxylic acid groups (broad SMARTS) is 2. The van der Waals surface area contributed by atoms with E-state index in [4.69, 9.17) is 26.8 Å². The molecule has 1 saturated heterocycles. The topological polar surface area (TPSA) is 176 Å². The summed E-state index contributed by atoms with van der Waals surface area (Å²) in [5.74, 6) is -3.40. The number of para-hydroxylation sites is 1. The van der Waals surface area contributed by atoms with Gasteiger partial charge in [-0.25, -0.2) is 23.9 Å². The second-order valence-electron chi connectivity index (χ2n) is 8.10. The number of halogens is 2. The molecule has 15 heteroatoms. The van der Waals surface area contributed by atoms with E-state index in [1.807, 2.05) is 0 Å². The maximum atomic E-state index is 15.0. The van der Waals surface area contributed by atoms with Crippen molar-refractivity contribution in [3.8, 4) is 0 Å². The zero-order valence-corrected chi connectivity index (χ0v) is 19.8. The fourth-order valence-electron chi connectivity index (χ4n) is 4.01. The first-order chi connectivity index (χ1) is 17.2. The second-order valence-corrected chi connectivity index (χ2v) is 9.56. The second kappa shape index (κ2) is 9.20. The molecule has 0 bridgehead atoms. The number of rotatable bonds is 8. The summed E-state index contributed by atoms with van der Waals surface area (Å²) in [4.78, 5) is 40.5. The number of aromatic nitrogens is 5. The highest BCUT2D eigenvalue weighted by atomic mass is 35.5. The van der Waals surface area contributed by atoms with E-state index in [0.717, 1.165) is 4.70 Å². The number of anilines is 1. The quantitative estimate of drug-likeness (QED) is 0.223. The number of carbonyl (C=O) groups is 2. The molecular formula is C21H18ClFN6O6S. The van der Waals surface area contributed by atoms with Gasteiger partial charge in [0.1, 0.15) is 11.7 Å². The summed E-state index contributed by atoms with van der Waals surface area (Å²) in [5.41, 5.74) is 4.13. The van der Waals surface area contributed by atoms with Gasteiger partial charge in [-0.3, -0.25) is 4.57 Å². The third kappa shape index (κ3) is 4.21. The smallest absolute Gasteiger partial charge is 0.348 e. The van der Waals surface area contributed by atoms with Crippen LogP contribution in [0.2, 0.25) is 5.28 Å². The third-order valence-electron chi connectivity index (χ3n) is 5.77. The molecule has 3 atom stereocenters. The number of nitrogens with zero attached hydrogens (tertiary/aromatic N) is 5. The Kier molecular flexibility index (Phi) is 6.20. The molecule has 1 fully saturated rings.